The first kappa shape index (κ1) is 20.7. The third kappa shape index (κ3) is 7.47. The molecular weight excluding hydrogens is 298 g/mol. The van der Waals surface area contributed by atoms with Crippen LogP contribution in [0.25, 0.3) is 0 Å². The molecule has 0 aliphatic carbocycles. The third-order valence-electron chi connectivity index (χ3n) is 3.92. The molecule has 0 saturated carbocycles. The Kier molecular flexibility index (Phi) is 11.1. The molecule has 1 aromatic rings. The Morgan fingerprint density at radius 1 is 1.38 bits per heavy atom. The van der Waals surface area contributed by atoms with Crippen molar-refractivity contribution >= 4 is 0 Å². The zero-order valence-corrected chi connectivity index (χ0v) is 15.1. The molecule has 0 radical (unpaired) electrons. The van der Waals surface area contributed by atoms with Crippen LogP contribution in [0.15, 0.2) is 18.2 Å². The zero-order chi connectivity index (χ0) is 15.0. The van der Waals surface area contributed by atoms with E-state index in [4.69, 9.17) is 5.11 Å². The van der Waals surface area contributed by atoms with Crippen LogP contribution in [0.1, 0.15) is 63.6 Å². The minimum Gasteiger partial charge on any atom is -0.393 e. The first-order chi connectivity index (χ1) is 9.58. The van der Waals surface area contributed by atoms with Crippen molar-refractivity contribution < 1.29 is 22.5 Å². The SMILES string of the molecule is CCCC(O)CC.Cc1[c-]c([C@H]2NCC[C@H]2C)ccc1.[Cr]. The van der Waals surface area contributed by atoms with Gasteiger partial charge >= 0.3 is 0 Å². The van der Waals surface area contributed by atoms with Gasteiger partial charge in [-0.15, -0.1) is 5.56 Å². The average molecular weight is 328 g/mol. The van der Waals surface area contributed by atoms with Crippen molar-refractivity contribution in [3.05, 3.63) is 35.4 Å². The minimum absolute atomic E-state index is 0. The van der Waals surface area contributed by atoms with Gasteiger partial charge in [0.05, 0.1) is 6.10 Å². The van der Waals surface area contributed by atoms with E-state index in [0.717, 1.165) is 31.7 Å². The van der Waals surface area contributed by atoms with Gasteiger partial charge in [-0.1, -0.05) is 34.1 Å². The smallest absolute Gasteiger partial charge is 0.0537 e. The number of aliphatic hydroxyl groups is 1. The van der Waals surface area contributed by atoms with Gasteiger partial charge in [-0.05, 0) is 31.7 Å². The van der Waals surface area contributed by atoms with Crippen LogP contribution in [0.5, 0.6) is 0 Å². The summed E-state index contributed by atoms with van der Waals surface area (Å²) in [4.78, 5) is 0. The molecule has 0 aromatic heterocycles. The summed E-state index contributed by atoms with van der Waals surface area (Å²) in [5.41, 5.74) is 2.56. The standard InChI is InChI=1S/C12H16N.C6H14O.Cr/c1-9-4-3-5-11(8-9)12-10(2)6-7-13-12;1-3-5-6(7)4-2;/h3-5,10,12-13H,6-7H2,1-2H3;6-7H,3-5H2,1-2H3;/q-1;;/t10-,12+;;/m1../s1. The molecule has 120 valence electrons. The molecule has 2 N–H and O–H groups in total. The predicted octanol–water partition coefficient (Wildman–Crippen LogP) is 4.02. The van der Waals surface area contributed by atoms with Crippen molar-refractivity contribution in [2.75, 3.05) is 6.54 Å². The summed E-state index contributed by atoms with van der Waals surface area (Å²) >= 11 is 0. The van der Waals surface area contributed by atoms with Crippen LogP contribution in [0.3, 0.4) is 0 Å². The summed E-state index contributed by atoms with van der Waals surface area (Å²) in [6.07, 6.45) is 4.18. The summed E-state index contributed by atoms with van der Waals surface area (Å²) in [6, 6.07) is 10.3. The number of nitrogens with one attached hydrogen (secondary N) is 1. The van der Waals surface area contributed by atoms with E-state index in [1.165, 1.54) is 17.5 Å². The number of hydrogen-bond donors (Lipinski definition) is 2. The van der Waals surface area contributed by atoms with Crippen LogP contribution in [0.4, 0.5) is 0 Å². The summed E-state index contributed by atoms with van der Waals surface area (Å²) in [7, 11) is 0. The molecule has 0 amide bonds. The number of aryl methyl sites for hydroxylation is 1. The first-order valence-electron chi connectivity index (χ1n) is 7.98. The molecule has 1 unspecified atom stereocenters. The van der Waals surface area contributed by atoms with E-state index in [2.05, 4.69) is 50.4 Å². The minimum atomic E-state index is -0.0509. The van der Waals surface area contributed by atoms with E-state index in [1.54, 1.807) is 0 Å². The molecule has 3 atom stereocenters. The molecule has 1 heterocycles. The molecular formula is C18H30CrNO-. The maximum atomic E-state index is 8.86. The average Bonchev–Trinajstić information content (AvgIpc) is 2.86. The van der Waals surface area contributed by atoms with Gasteiger partial charge < -0.3 is 10.4 Å². The monoisotopic (exact) mass is 328 g/mol. The Hall–Kier alpha value is -0.328. The maximum Gasteiger partial charge on any atom is 0.0537 e. The molecule has 0 spiro atoms. The van der Waals surface area contributed by atoms with Gasteiger partial charge in [0.2, 0.25) is 0 Å². The van der Waals surface area contributed by atoms with E-state index in [0.29, 0.717) is 6.04 Å². The van der Waals surface area contributed by atoms with Crippen molar-refractivity contribution in [2.24, 2.45) is 5.92 Å². The Morgan fingerprint density at radius 3 is 2.52 bits per heavy atom. The normalized spacial score (nSPS) is 22.0. The van der Waals surface area contributed by atoms with Crippen molar-refractivity contribution in [3.63, 3.8) is 0 Å². The Bertz CT molecular complexity index is 383. The van der Waals surface area contributed by atoms with Gasteiger partial charge in [-0.2, -0.15) is 29.8 Å². The van der Waals surface area contributed by atoms with Crippen molar-refractivity contribution in [1.82, 2.24) is 5.32 Å². The topological polar surface area (TPSA) is 32.3 Å². The van der Waals surface area contributed by atoms with E-state index >= 15 is 0 Å². The zero-order valence-electron chi connectivity index (χ0n) is 13.9. The van der Waals surface area contributed by atoms with Gasteiger partial charge in [0.25, 0.3) is 0 Å². The third-order valence-corrected chi connectivity index (χ3v) is 3.92. The van der Waals surface area contributed by atoms with Crippen LogP contribution in [-0.4, -0.2) is 17.8 Å². The van der Waals surface area contributed by atoms with Crippen molar-refractivity contribution in [2.45, 2.75) is 65.5 Å². The Labute approximate surface area is 141 Å². The molecule has 1 saturated heterocycles. The molecule has 21 heavy (non-hydrogen) atoms. The van der Waals surface area contributed by atoms with Gasteiger partial charge in [0, 0.05) is 23.4 Å². The maximum absolute atomic E-state index is 8.86. The molecule has 1 aliphatic heterocycles. The molecule has 1 aromatic carbocycles. The second-order valence-electron chi connectivity index (χ2n) is 5.84. The van der Waals surface area contributed by atoms with Crippen LogP contribution < -0.4 is 5.32 Å². The second-order valence-corrected chi connectivity index (χ2v) is 5.84. The van der Waals surface area contributed by atoms with Crippen molar-refractivity contribution in [3.8, 4) is 0 Å². The summed E-state index contributed by atoms with van der Waals surface area (Å²) in [5, 5.41) is 12.4. The van der Waals surface area contributed by atoms with Crippen molar-refractivity contribution in [1.29, 1.82) is 0 Å². The number of aliphatic hydroxyl groups excluding tert-OH is 1. The van der Waals surface area contributed by atoms with E-state index in [-0.39, 0.29) is 23.5 Å². The molecule has 0 bridgehead atoms. The molecule has 2 rings (SSSR count). The Morgan fingerprint density at radius 2 is 2.10 bits per heavy atom. The largest absolute Gasteiger partial charge is 0.393 e. The van der Waals surface area contributed by atoms with Gasteiger partial charge in [0.15, 0.2) is 0 Å². The first-order valence-corrected chi connectivity index (χ1v) is 7.98. The summed E-state index contributed by atoms with van der Waals surface area (Å²) in [6.45, 7) is 9.64. The summed E-state index contributed by atoms with van der Waals surface area (Å²) in [5.74, 6) is 0.748. The summed E-state index contributed by atoms with van der Waals surface area (Å²) < 4.78 is 0. The van der Waals surface area contributed by atoms with Crippen LogP contribution in [-0.2, 0) is 17.4 Å². The molecule has 2 nitrogen and oxygen atoms in total. The molecule has 3 heteroatoms. The Balaban J connectivity index is 0.000000436. The fraction of sp³-hybridized carbons (Fsp3) is 0.667. The van der Waals surface area contributed by atoms with E-state index in [1.807, 2.05) is 6.92 Å². The molecule has 1 aliphatic rings. The number of hydrogen-bond acceptors (Lipinski definition) is 2. The molecule has 1 fully saturated rings. The van der Waals surface area contributed by atoms with E-state index in [9.17, 15) is 0 Å². The van der Waals surface area contributed by atoms with Crippen LogP contribution in [0, 0.1) is 18.9 Å². The van der Waals surface area contributed by atoms with Gasteiger partial charge in [-0.25, -0.2) is 0 Å². The van der Waals surface area contributed by atoms with Gasteiger partial charge in [0.1, 0.15) is 0 Å². The number of rotatable bonds is 4. The van der Waals surface area contributed by atoms with Crippen LogP contribution >= 0.6 is 0 Å². The second kappa shape index (κ2) is 11.3. The predicted molar refractivity (Wildman–Crippen MR) is 85.7 cm³/mol. The fourth-order valence-electron chi connectivity index (χ4n) is 2.58. The fourth-order valence-corrected chi connectivity index (χ4v) is 2.58. The van der Waals surface area contributed by atoms with Crippen LogP contribution in [0.2, 0.25) is 0 Å². The quantitative estimate of drug-likeness (QED) is 0.818. The van der Waals surface area contributed by atoms with Gasteiger partial charge in [-0.3, -0.25) is 0 Å². The van der Waals surface area contributed by atoms with E-state index < -0.39 is 0 Å². The number of benzene rings is 1.